The van der Waals surface area contributed by atoms with Crippen molar-refractivity contribution in [3.8, 4) is 5.75 Å². The summed E-state index contributed by atoms with van der Waals surface area (Å²) in [5, 5.41) is 12.4. The number of hydrogen-bond donors (Lipinski definition) is 2. The van der Waals surface area contributed by atoms with E-state index in [4.69, 9.17) is 10.5 Å². The van der Waals surface area contributed by atoms with Crippen LogP contribution < -0.4 is 5.73 Å². The van der Waals surface area contributed by atoms with Crippen molar-refractivity contribution in [1.82, 2.24) is 4.90 Å². The number of hydrogen-bond acceptors (Lipinski definition) is 4. The van der Waals surface area contributed by atoms with E-state index >= 15 is 0 Å². The molecule has 1 heterocycles. The molecule has 0 aliphatic carbocycles. The number of morpholine rings is 1. The van der Waals surface area contributed by atoms with Gasteiger partial charge in [0.15, 0.2) is 0 Å². The minimum absolute atomic E-state index is 0.0261. The Labute approximate surface area is 135 Å². The molecule has 5 heteroatoms. The Balaban J connectivity index is 1.83. The number of carbonyl (C=O) groups is 1. The Morgan fingerprint density at radius 3 is 2.74 bits per heavy atom. The van der Waals surface area contributed by atoms with E-state index in [9.17, 15) is 9.90 Å². The topological polar surface area (TPSA) is 75.8 Å². The van der Waals surface area contributed by atoms with Crippen LogP contribution in [0.25, 0.3) is 10.8 Å². The van der Waals surface area contributed by atoms with Gasteiger partial charge in [0.05, 0.1) is 18.8 Å². The van der Waals surface area contributed by atoms with E-state index in [1.165, 1.54) is 0 Å². The molecule has 23 heavy (non-hydrogen) atoms. The van der Waals surface area contributed by atoms with Crippen LogP contribution in [0.3, 0.4) is 0 Å². The number of aryl methyl sites for hydroxylation is 1. The number of fused-ring (bicyclic) bond motifs is 1. The largest absolute Gasteiger partial charge is 0.507 e. The first-order valence-corrected chi connectivity index (χ1v) is 8.00. The van der Waals surface area contributed by atoms with Crippen molar-refractivity contribution in [2.24, 2.45) is 5.73 Å². The number of amides is 1. The average Bonchev–Trinajstić information content (AvgIpc) is 2.57. The maximum Gasteiger partial charge on any atom is 0.252 e. The predicted molar refractivity (Wildman–Crippen MR) is 89.7 cm³/mol. The van der Waals surface area contributed by atoms with Crippen LogP contribution in [0.2, 0.25) is 0 Å². The second-order valence-corrected chi connectivity index (χ2v) is 5.89. The Morgan fingerprint density at radius 1 is 1.26 bits per heavy atom. The molecule has 1 amide bonds. The summed E-state index contributed by atoms with van der Waals surface area (Å²) in [5.74, 6) is -0.569. The molecule has 5 nitrogen and oxygen atoms in total. The Hall–Kier alpha value is -2.11. The van der Waals surface area contributed by atoms with Crippen LogP contribution in [0.1, 0.15) is 22.3 Å². The molecule has 2 aromatic carbocycles. The van der Waals surface area contributed by atoms with Crippen LogP contribution in [-0.4, -0.2) is 48.8 Å². The minimum atomic E-state index is -0.595. The molecule has 0 atom stereocenters. The van der Waals surface area contributed by atoms with Crippen molar-refractivity contribution in [2.45, 2.75) is 12.8 Å². The van der Waals surface area contributed by atoms with Gasteiger partial charge in [0.1, 0.15) is 5.75 Å². The maximum absolute atomic E-state index is 11.6. The maximum atomic E-state index is 11.6. The number of aromatic hydroxyl groups is 1. The third-order valence-electron chi connectivity index (χ3n) is 4.40. The fourth-order valence-electron chi connectivity index (χ4n) is 3.16. The highest BCUT2D eigenvalue weighted by Gasteiger charge is 2.16. The summed E-state index contributed by atoms with van der Waals surface area (Å²) in [5.41, 5.74) is 6.41. The van der Waals surface area contributed by atoms with Crippen LogP contribution in [0.15, 0.2) is 30.3 Å². The zero-order chi connectivity index (χ0) is 16.2. The van der Waals surface area contributed by atoms with Crippen LogP contribution in [0.4, 0.5) is 0 Å². The molecule has 1 saturated heterocycles. The number of benzene rings is 2. The summed E-state index contributed by atoms with van der Waals surface area (Å²) in [4.78, 5) is 13.9. The lowest BCUT2D eigenvalue weighted by Gasteiger charge is -2.26. The summed E-state index contributed by atoms with van der Waals surface area (Å²) in [6.07, 6.45) is 1.63. The number of nitrogens with zero attached hydrogens (tertiary/aromatic N) is 1. The van der Waals surface area contributed by atoms with Crippen molar-refractivity contribution in [1.29, 1.82) is 0 Å². The van der Waals surface area contributed by atoms with Crippen LogP contribution >= 0.6 is 0 Å². The van der Waals surface area contributed by atoms with Gasteiger partial charge in [-0.1, -0.05) is 24.3 Å². The second-order valence-electron chi connectivity index (χ2n) is 5.89. The summed E-state index contributed by atoms with van der Waals surface area (Å²) in [6, 6.07) is 9.44. The molecule has 0 radical (unpaired) electrons. The zero-order valence-corrected chi connectivity index (χ0v) is 13.1. The molecule has 0 unspecified atom stereocenters. The second kappa shape index (κ2) is 6.98. The van der Waals surface area contributed by atoms with Crippen LogP contribution in [0, 0.1) is 0 Å². The summed E-state index contributed by atoms with van der Waals surface area (Å²) in [6.45, 7) is 4.43. The van der Waals surface area contributed by atoms with Crippen molar-refractivity contribution < 1.29 is 14.6 Å². The Kier molecular flexibility index (Phi) is 4.79. The Morgan fingerprint density at radius 2 is 2.00 bits per heavy atom. The standard InChI is InChI=1S/C18H22N2O3/c19-18(22)16-12-13-4-1-2-5-14(13)15(17(16)21)6-3-7-20-8-10-23-11-9-20/h1-2,4-5,12,21H,3,6-11H2,(H2,19,22). The van der Waals surface area contributed by atoms with Gasteiger partial charge in [0.2, 0.25) is 0 Å². The molecule has 1 fully saturated rings. The minimum Gasteiger partial charge on any atom is -0.507 e. The fraction of sp³-hybridized carbons (Fsp3) is 0.389. The molecule has 1 aliphatic heterocycles. The highest BCUT2D eigenvalue weighted by Crippen LogP contribution is 2.32. The lowest BCUT2D eigenvalue weighted by molar-refractivity contribution is 0.0374. The smallest absolute Gasteiger partial charge is 0.252 e. The fourth-order valence-corrected chi connectivity index (χ4v) is 3.16. The number of ether oxygens (including phenoxy) is 1. The first kappa shape index (κ1) is 15.8. The average molecular weight is 314 g/mol. The third kappa shape index (κ3) is 3.46. The summed E-state index contributed by atoms with van der Waals surface area (Å²) >= 11 is 0. The molecule has 0 bridgehead atoms. The number of rotatable bonds is 5. The lowest BCUT2D eigenvalue weighted by atomic mass is 9.96. The van der Waals surface area contributed by atoms with E-state index in [1.807, 2.05) is 24.3 Å². The van der Waals surface area contributed by atoms with E-state index in [1.54, 1.807) is 6.07 Å². The number of nitrogens with two attached hydrogens (primary N) is 1. The van der Waals surface area contributed by atoms with E-state index < -0.39 is 5.91 Å². The SMILES string of the molecule is NC(=O)c1cc2ccccc2c(CCCN2CCOCC2)c1O. The molecule has 122 valence electrons. The van der Waals surface area contributed by atoms with Gasteiger partial charge in [-0.15, -0.1) is 0 Å². The molecule has 2 aromatic rings. The molecule has 0 saturated carbocycles. The van der Waals surface area contributed by atoms with Gasteiger partial charge in [0.25, 0.3) is 5.91 Å². The molecular weight excluding hydrogens is 292 g/mol. The molecule has 3 rings (SSSR count). The van der Waals surface area contributed by atoms with Gasteiger partial charge in [-0.25, -0.2) is 0 Å². The van der Waals surface area contributed by atoms with Crippen molar-refractivity contribution >= 4 is 16.7 Å². The van der Waals surface area contributed by atoms with Crippen molar-refractivity contribution in [3.63, 3.8) is 0 Å². The van der Waals surface area contributed by atoms with Gasteiger partial charge < -0.3 is 15.6 Å². The van der Waals surface area contributed by atoms with Gasteiger partial charge in [-0.3, -0.25) is 9.69 Å². The summed E-state index contributed by atoms with van der Waals surface area (Å²) in [7, 11) is 0. The van der Waals surface area contributed by atoms with E-state index in [0.29, 0.717) is 6.42 Å². The highest BCUT2D eigenvalue weighted by molar-refractivity contribution is 6.02. The number of primary amides is 1. The van der Waals surface area contributed by atoms with Crippen LogP contribution in [-0.2, 0) is 11.2 Å². The van der Waals surface area contributed by atoms with Crippen molar-refractivity contribution in [3.05, 3.63) is 41.5 Å². The molecular formula is C18H22N2O3. The monoisotopic (exact) mass is 314 g/mol. The van der Waals surface area contributed by atoms with E-state index in [-0.39, 0.29) is 11.3 Å². The summed E-state index contributed by atoms with van der Waals surface area (Å²) < 4.78 is 5.35. The lowest BCUT2D eigenvalue weighted by Crippen LogP contribution is -2.36. The van der Waals surface area contributed by atoms with Gasteiger partial charge in [-0.2, -0.15) is 0 Å². The predicted octanol–water partition coefficient (Wildman–Crippen LogP) is 1.91. The zero-order valence-electron chi connectivity index (χ0n) is 13.1. The molecule has 0 spiro atoms. The first-order valence-electron chi connectivity index (χ1n) is 8.00. The normalized spacial score (nSPS) is 15.8. The quantitative estimate of drug-likeness (QED) is 0.884. The number of phenols is 1. The van der Waals surface area contributed by atoms with Gasteiger partial charge in [-0.05, 0) is 36.2 Å². The highest BCUT2D eigenvalue weighted by atomic mass is 16.5. The van der Waals surface area contributed by atoms with Crippen LogP contribution in [0.5, 0.6) is 5.75 Å². The third-order valence-corrected chi connectivity index (χ3v) is 4.40. The van der Waals surface area contributed by atoms with Crippen molar-refractivity contribution in [2.75, 3.05) is 32.8 Å². The first-order chi connectivity index (χ1) is 11.2. The molecule has 0 aromatic heterocycles. The van der Waals surface area contributed by atoms with E-state index in [2.05, 4.69) is 4.90 Å². The molecule has 3 N–H and O–H groups in total. The Bertz CT molecular complexity index is 709. The number of carbonyl (C=O) groups excluding carboxylic acids is 1. The van der Waals surface area contributed by atoms with E-state index in [0.717, 1.165) is 55.6 Å². The van der Waals surface area contributed by atoms with Gasteiger partial charge in [0, 0.05) is 18.7 Å². The molecule has 1 aliphatic rings. The van der Waals surface area contributed by atoms with Gasteiger partial charge >= 0.3 is 0 Å².